The Labute approximate surface area is 106 Å². The van der Waals surface area contributed by atoms with E-state index in [2.05, 4.69) is 39.0 Å². The summed E-state index contributed by atoms with van der Waals surface area (Å²) in [6.07, 6.45) is 7.73. The minimum Gasteiger partial charge on any atom is -0.324 e. The van der Waals surface area contributed by atoms with Crippen LogP contribution in [0.1, 0.15) is 68.2 Å². The van der Waals surface area contributed by atoms with Crippen LogP contribution in [0.25, 0.3) is 0 Å². The van der Waals surface area contributed by atoms with Crippen LogP contribution in [0.15, 0.2) is 18.2 Å². The third-order valence-corrected chi connectivity index (χ3v) is 3.45. The van der Waals surface area contributed by atoms with Gasteiger partial charge < -0.3 is 5.73 Å². The second kappa shape index (κ2) is 7.50. The Morgan fingerprint density at radius 1 is 1.06 bits per heavy atom. The average molecular weight is 233 g/mol. The maximum atomic E-state index is 6.28. The lowest BCUT2D eigenvalue weighted by atomic mass is 9.95. The molecule has 0 radical (unpaired) electrons. The van der Waals surface area contributed by atoms with Gasteiger partial charge >= 0.3 is 0 Å². The molecule has 0 aliphatic rings. The zero-order valence-electron chi connectivity index (χ0n) is 11.6. The lowest BCUT2D eigenvalue weighted by Crippen LogP contribution is -2.11. The zero-order chi connectivity index (χ0) is 12.7. The Kier molecular flexibility index (Phi) is 6.28. The van der Waals surface area contributed by atoms with E-state index in [4.69, 9.17) is 5.73 Å². The third-order valence-electron chi connectivity index (χ3n) is 3.45. The molecule has 0 fully saturated rings. The number of benzene rings is 1. The molecule has 0 bridgehead atoms. The van der Waals surface area contributed by atoms with Gasteiger partial charge in [0.25, 0.3) is 0 Å². The number of rotatable bonds is 7. The Morgan fingerprint density at radius 3 is 2.47 bits per heavy atom. The van der Waals surface area contributed by atoms with Crippen LogP contribution in [0, 0.1) is 13.8 Å². The topological polar surface area (TPSA) is 26.0 Å². The summed E-state index contributed by atoms with van der Waals surface area (Å²) < 4.78 is 0. The first-order valence-corrected chi connectivity index (χ1v) is 6.98. The summed E-state index contributed by atoms with van der Waals surface area (Å²) in [6, 6.07) is 6.80. The Balaban J connectivity index is 2.41. The predicted molar refractivity (Wildman–Crippen MR) is 76.2 cm³/mol. The highest BCUT2D eigenvalue weighted by Crippen LogP contribution is 2.22. The maximum absolute atomic E-state index is 6.28. The van der Waals surface area contributed by atoms with E-state index >= 15 is 0 Å². The molecule has 1 rings (SSSR count). The summed E-state index contributed by atoms with van der Waals surface area (Å²) >= 11 is 0. The smallest absolute Gasteiger partial charge is 0.0297 e. The first-order valence-electron chi connectivity index (χ1n) is 6.98. The molecule has 0 spiro atoms. The maximum Gasteiger partial charge on any atom is 0.0297 e. The molecule has 0 saturated carbocycles. The van der Waals surface area contributed by atoms with E-state index in [0.29, 0.717) is 0 Å². The molecule has 1 aromatic rings. The molecule has 1 nitrogen and oxygen atoms in total. The van der Waals surface area contributed by atoms with E-state index in [-0.39, 0.29) is 6.04 Å². The number of unbranched alkanes of at least 4 members (excludes halogenated alkanes) is 4. The Bertz CT molecular complexity index is 330. The van der Waals surface area contributed by atoms with Gasteiger partial charge in [-0.05, 0) is 31.4 Å². The Morgan fingerprint density at radius 2 is 1.76 bits per heavy atom. The summed E-state index contributed by atoms with van der Waals surface area (Å²) in [5.74, 6) is 0. The van der Waals surface area contributed by atoms with Gasteiger partial charge in [-0.3, -0.25) is 0 Å². The van der Waals surface area contributed by atoms with E-state index in [1.165, 1.54) is 48.8 Å². The van der Waals surface area contributed by atoms with Crippen LogP contribution in [0.4, 0.5) is 0 Å². The molecular formula is C16H27N. The van der Waals surface area contributed by atoms with Gasteiger partial charge in [-0.2, -0.15) is 0 Å². The molecule has 0 heterocycles. The van der Waals surface area contributed by atoms with E-state index in [1.54, 1.807) is 0 Å². The molecule has 0 aliphatic heterocycles. The fourth-order valence-corrected chi connectivity index (χ4v) is 2.28. The van der Waals surface area contributed by atoms with Crippen LogP contribution >= 0.6 is 0 Å². The van der Waals surface area contributed by atoms with Gasteiger partial charge in [0.1, 0.15) is 0 Å². The van der Waals surface area contributed by atoms with Crippen LogP contribution in [0.2, 0.25) is 0 Å². The minimum atomic E-state index is 0.219. The Hall–Kier alpha value is -0.820. The van der Waals surface area contributed by atoms with Gasteiger partial charge in [0, 0.05) is 6.04 Å². The van der Waals surface area contributed by atoms with Gasteiger partial charge in [0.2, 0.25) is 0 Å². The van der Waals surface area contributed by atoms with Crippen molar-refractivity contribution in [1.82, 2.24) is 0 Å². The van der Waals surface area contributed by atoms with Crippen molar-refractivity contribution in [2.24, 2.45) is 5.73 Å². The van der Waals surface area contributed by atoms with Crippen molar-refractivity contribution in [3.05, 3.63) is 34.9 Å². The predicted octanol–water partition coefficient (Wildman–Crippen LogP) is 4.66. The van der Waals surface area contributed by atoms with E-state index < -0.39 is 0 Å². The largest absolute Gasteiger partial charge is 0.324 e. The van der Waals surface area contributed by atoms with Gasteiger partial charge in [-0.25, -0.2) is 0 Å². The standard InChI is InChI=1S/C16H27N/c1-4-5-6-7-8-9-16(17)15-12-13(2)10-11-14(15)3/h10-12,16H,4-9,17H2,1-3H3. The molecule has 0 amide bonds. The molecular weight excluding hydrogens is 206 g/mol. The van der Waals surface area contributed by atoms with Crippen LogP contribution in [0.3, 0.4) is 0 Å². The highest BCUT2D eigenvalue weighted by molar-refractivity contribution is 5.32. The summed E-state index contributed by atoms with van der Waals surface area (Å²) in [5.41, 5.74) is 10.3. The van der Waals surface area contributed by atoms with Crippen LogP contribution in [-0.4, -0.2) is 0 Å². The lowest BCUT2D eigenvalue weighted by Gasteiger charge is -2.15. The summed E-state index contributed by atoms with van der Waals surface area (Å²) in [7, 11) is 0. The normalized spacial score (nSPS) is 12.7. The lowest BCUT2D eigenvalue weighted by molar-refractivity contribution is 0.554. The highest BCUT2D eigenvalue weighted by atomic mass is 14.6. The van der Waals surface area contributed by atoms with Gasteiger partial charge in [0.15, 0.2) is 0 Å². The SMILES string of the molecule is CCCCCCCC(N)c1cc(C)ccc1C. The molecule has 0 aliphatic carbocycles. The average Bonchev–Trinajstić information content (AvgIpc) is 2.32. The van der Waals surface area contributed by atoms with E-state index in [9.17, 15) is 0 Å². The quantitative estimate of drug-likeness (QED) is 0.681. The van der Waals surface area contributed by atoms with Gasteiger partial charge in [0.05, 0.1) is 0 Å². The summed E-state index contributed by atoms with van der Waals surface area (Å²) in [5, 5.41) is 0. The van der Waals surface area contributed by atoms with Crippen LogP contribution in [0.5, 0.6) is 0 Å². The molecule has 2 N–H and O–H groups in total. The molecule has 0 aromatic heterocycles. The number of hydrogen-bond acceptors (Lipinski definition) is 1. The molecule has 1 unspecified atom stereocenters. The van der Waals surface area contributed by atoms with Gasteiger partial charge in [-0.1, -0.05) is 62.8 Å². The first kappa shape index (κ1) is 14.2. The van der Waals surface area contributed by atoms with Crippen LogP contribution in [-0.2, 0) is 0 Å². The molecule has 0 saturated heterocycles. The zero-order valence-corrected chi connectivity index (χ0v) is 11.6. The number of hydrogen-bond donors (Lipinski definition) is 1. The monoisotopic (exact) mass is 233 g/mol. The van der Waals surface area contributed by atoms with E-state index in [1.807, 2.05) is 0 Å². The van der Waals surface area contributed by atoms with E-state index in [0.717, 1.165) is 6.42 Å². The van der Waals surface area contributed by atoms with Crippen molar-refractivity contribution in [1.29, 1.82) is 0 Å². The van der Waals surface area contributed by atoms with Crippen molar-refractivity contribution in [2.75, 3.05) is 0 Å². The highest BCUT2D eigenvalue weighted by Gasteiger charge is 2.08. The molecule has 96 valence electrons. The van der Waals surface area contributed by atoms with Crippen molar-refractivity contribution in [3.8, 4) is 0 Å². The second-order valence-corrected chi connectivity index (χ2v) is 5.17. The molecule has 1 heteroatoms. The number of nitrogens with two attached hydrogens (primary N) is 1. The van der Waals surface area contributed by atoms with Gasteiger partial charge in [-0.15, -0.1) is 0 Å². The third kappa shape index (κ3) is 4.91. The first-order chi connectivity index (χ1) is 8.15. The van der Waals surface area contributed by atoms with Crippen molar-refractivity contribution < 1.29 is 0 Å². The molecule has 17 heavy (non-hydrogen) atoms. The number of aryl methyl sites for hydroxylation is 2. The van der Waals surface area contributed by atoms with Crippen LogP contribution < -0.4 is 5.73 Å². The minimum absolute atomic E-state index is 0.219. The second-order valence-electron chi connectivity index (χ2n) is 5.17. The summed E-state index contributed by atoms with van der Waals surface area (Å²) in [6.45, 7) is 6.55. The van der Waals surface area contributed by atoms with Crippen molar-refractivity contribution in [2.45, 2.75) is 65.3 Å². The summed E-state index contributed by atoms with van der Waals surface area (Å²) in [4.78, 5) is 0. The van der Waals surface area contributed by atoms with Crippen molar-refractivity contribution in [3.63, 3.8) is 0 Å². The van der Waals surface area contributed by atoms with Crippen molar-refractivity contribution >= 4 is 0 Å². The molecule has 1 atom stereocenters. The fraction of sp³-hybridized carbons (Fsp3) is 0.625. The molecule has 1 aromatic carbocycles. The fourth-order valence-electron chi connectivity index (χ4n) is 2.28.